The van der Waals surface area contributed by atoms with Crippen molar-refractivity contribution in [3.8, 4) is 34.4 Å². The fraction of sp³-hybridized carbons (Fsp3) is 0.250. The summed E-state index contributed by atoms with van der Waals surface area (Å²) in [6, 6.07) is 11.2. The highest BCUT2D eigenvalue weighted by atomic mass is 32.2. The van der Waals surface area contributed by atoms with Crippen LogP contribution in [-0.4, -0.2) is 54.8 Å². The molecule has 0 saturated heterocycles. The molecule has 0 unspecified atom stereocenters. The van der Waals surface area contributed by atoms with Crippen molar-refractivity contribution in [1.82, 2.24) is 14.9 Å². The van der Waals surface area contributed by atoms with E-state index in [1.165, 1.54) is 0 Å². The average molecular weight is 412 g/mol. The molecule has 1 aromatic heterocycles. The molecule has 0 amide bonds. The van der Waals surface area contributed by atoms with Gasteiger partial charge in [0, 0.05) is 22.9 Å². The highest BCUT2D eigenvalue weighted by Gasteiger charge is 2.23. The molecule has 150 valence electrons. The van der Waals surface area contributed by atoms with Gasteiger partial charge in [-0.25, -0.2) is 0 Å². The number of methoxy groups -OCH3 is 4. The molecule has 0 bridgehead atoms. The molecule has 0 N–H and O–H groups in total. The Balaban J connectivity index is 1.82. The largest absolute Gasteiger partial charge is 0.497 e. The predicted octanol–water partition coefficient (Wildman–Crippen LogP) is 3.34. The van der Waals surface area contributed by atoms with Crippen molar-refractivity contribution in [1.29, 1.82) is 0 Å². The molecule has 9 heteroatoms. The van der Waals surface area contributed by atoms with E-state index < -0.39 is 0 Å². The van der Waals surface area contributed by atoms with Crippen LogP contribution in [-0.2, 0) is 0 Å². The maximum Gasteiger partial charge on any atom is 0.212 e. The number of rotatable bonds is 6. The van der Waals surface area contributed by atoms with E-state index in [4.69, 9.17) is 24.0 Å². The molecule has 0 atom stereocenters. The first-order valence-electron chi connectivity index (χ1n) is 8.78. The van der Waals surface area contributed by atoms with E-state index in [1.807, 2.05) is 36.4 Å². The molecule has 2 aromatic carbocycles. The molecule has 8 nitrogen and oxygen atoms in total. The molecule has 29 heavy (non-hydrogen) atoms. The Bertz CT molecular complexity index is 1060. The fourth-order valence-electron chi connectivity index (χ4n) is 3.02. The van der Waals surface area contributed by atoms with Crippen LogP contribution < -0.4 is 18.9 Å². The van der Waals surface area contributed by atoms with Crippen molar-refractivity contribution in [2.45, 2.75) is 5.16 Å². The van der Waals surface area contributed by atoms with Crippen LogP contribution in [0, 0.1) is 0 Å². The highest BCUT2D eigenvalue weighted by molar-refractivity contribution is 7.99. The zero-order chi connectivity index (χ0) is 20.4. The van der Waals surface area contributed by atoms with Crippen LogP contribution in [0.5, 0.6) is 23.0 Å². The molecule has 2 heterocycles. The normalized spacial score (nSPS) is 12.8. The SMILES string of the molecule is COc1cc(OC)cc(-c2nnc3n2N=C(c2cc(OC)ccc2OC)CS3)c1. The third kappa shape index (κ3) is 3.61. The van der Waals surface area contributed by atoms with Gasteiger partial charge in [0.15, 0.2) is 5.82 Å². The van der Waals surface area contributed by atoms with Crippen molar-refractivity contribution >= 4 is 17.5 Å². The number of thioether (sulfide) groups is 1. The molecule has 0 spiro atoms. The molecule has 1 aliphatic heterocycles. The van der Waals surface area contributed by atoms with Gasteiger partial charge in [0.25, 0.3) is 0 Å². The molecule has 4 rings (SSSR count). The third-order valence-electron chi connectivity index (χ3n) is 4.50. The van der Waals surface area contributed by atoms with Crippen molar-refractivity contribution in [2.75, 3.05) is 34.2 Å². The number of hydrogen-bond donors (Lipinski definition) is 0. The van der Waals surface area contributed by atoms with E-state index in [2.05, 4.69) is 10.2 Å². The number of aromatic nitrogens is 3. The minimum absolute atomic E-state index is 0.601. The van der Waals surface area contributed by atoms with Crippen LogP contribution in [0.4, 0.5) is 0 Å². The summed E-state index contributed by atoms with van der Waals surface area (Å²) in [5.41, 5.74) is 2.50. The molecule has 0 saturated carbocycles. The lowest BCUT2D eigenvalue weighted by molar-refractivity contribution is 0.394. The van der Waals surface area contributed by atoms with Gasteiger partial charge >= 0.3 is 0 Å². The topological polar surface area (TPSA) is 80.0 Å². The number of hydrogen-bond acceptors (Lipinski definition) is 8. The van der Waals surface area contributed by atoms with Gasteiger partial charge in [0.05, 0.1) is 34.2 Å². The summed E-state index contributed by atoms with van der Waals surface area (Å²) in [6.07, 6.45) is 0. The lowest BCUT2D eigenvalue weighted by atomic mass is 10.1. The summed E-state index contributed by atoms with van der Waals surface area (Å²) >= 11 is 1.56. The fourth-order valence-corrected chi connectivity index (χ4v) is 3.84. The zero-order valence-electron chi connectivity index (χ0n) is 16.5. The van der Waals surface area contributed by atoms with Gasteiger partial charge in [-0.3, -0.25) is 0 Å². The van der Waals surface area contributed by atoms with Gasteiger partial charge in [-0.2, -0.15) is 9.78 Å². The first kappa shape index (κ1) is 19.1. The summed E-state index contributed by atoms with van der Waals surface area (Å²) < 4.78 is 23.4. The van der Waals surface area contributed by atoms with Gasteiger partial charge in [0.2, 0.25) is 5.16 Å². The minimum Gasteiger partial charge on any atom is -0.497 e. The molecule has 0 radical (unpaired) electrons. The lowest BCUT2D eigenvalue weighted by Gasteiger charge is -2.17. The lowest BCUT2D eigenvalue weighted by Crippen LogP contribution is -2.15. The van der Waals surface area contributed by atoms with Gasteiger partial charge in [-0.15, -0.1) is 10.2 Å². The maximum atomic E-state index is 5.52. The number of fused-ring (bicyclic) bond motifs is 1. The van der Waals surface area contributed by atoms with Crippen LogP contribution in [0.2, 0.25) is 0 Å². The van der Waals surface area contributed by atoms with E-state index in [0.29, 0.717) is 28.2 Å². The van der Waals surface area contributed by atoms with Gasteiger partial charge < -0.3 is 18.9 Å². The standard InChI is InChI=1S/C20H20N4O4S/c1-25-13-5-6-18(28-4)16(10-13)17-11-29-20-22-21-19(24(20)23-17)12-7-14(26-2)9-15(8-12)27-3/h5-10H,11H2,1-4H3. The second-order valence-corrected chi connectivity index (χ2v) is 7.06. The molecular formula is C20H20N4O4S. The van der Waals surface area contributed by atoms with Crippen molar-refractivity contribution in [3.63, 3.8) is 0 Å². The second kappa shape index (κ2) is 8.04. The quantitative estimate of drug-likeness (QED) is 0.614. The second-order valence-electron chi connectivity index (χ2n) is 6.12. The first-order chi connectivity index (χ1) is 14.2. The van der Waals surface area contributed by atoms with E-state index in [-0.39, 0.29) is 0 Å². The number of nitrogens with zero attached hydrogens (tertiary/aromatic N) is 4. The van der Waals surface area contributed by atoms with Crippen LogP contribution in [0.25, 0.3) is 11.4 Å². The minimum atomic E-state index is 0.601. The summed E-state index contributed by atoms with van der Waals surface area (Å²) in [4.78, 5) is 0. The van der Waals surface area contributed by atoms with Crippen molar-refractivity contribution in [3.05, 3.63) is 42.0 Å². The summed E-state index contributed by atoms with van der Waals surface area (Å²) in [5.74, 6) is 4.04. The highest BCUT2D eigenvalue weighted by Crippen LogP contribution is 2.34. The maximum absolute atomic E-state index is 5.52. The Hall–Kier alpha value is -3.20. The van der Waals surface area contributed by atoms with Gasteiger partial charge in [-0.1, -0.05) is 11.8 Å². The Kier molecular flexibility index (Phi) is 5.30. The van der Waals surface area contributed by atoms with Crippen LogP contribution in [0.1, 0.15) is 5.56 Å². The Morgan fingerprint density at radius 1 is 0.828 bits per heavy atom. The Morgan fingerprint density at radius 3 is 2.21 bits per heavy atom. The molecule has 1 aliphatic rings. The smallest absolute Gasteiger partial charge is 0.212 e. The van der Waals surface area contributed by atoms with Crippen molar-refractivity contribution < 1.29 is 18.9 Å². The molecule has 0 fully saturated rings. The van der Waals surface area contributed by atoms with Crippen LogP contribution in [0.15, 0.2) is 46.7 Å². The van der Waals surface area contributed by atoms with Gasteiger partial charge in [0.1, 0.15) is 23.0 Å². The first-order valence-corrected chi connectivity index (χ1v) is 9.77. The average Bonchev–Trinajstić information content (AvgIpc) is 3.21. The number of ether oxygens (including phenoxy) is 4. The Labute approximate surface area is 172 Å². The van der Waals surface area contributed by atoms with Crippen molar-refractivity contribution in [2.24, 2.45) is 5.10 Å². The van der Waals surface area contributed by atoms with Crippen LogP contribution >= 0.6 is 11.8 Å². The molecule has 3 aromatic rings. The monoisotopic (exact) mass is 412 g/mol. The van der Waals surface area contributed by atoms with E-state index >= 15 is 0 Å². The zero-order valence-corrected chi connectivity index (χ0v) is 17.3. The van der Waals surface area contributed by atoms with E-state index in [9.17, 15) is 0 Å². The number of benzene rings is 2. The third-order valence-corrected chi connectivity index (χ3v) is 5.43. The van der Waals surface area contributed by atoms with Gasteiger partial charge in [-0.05, 0) is 30.3 Å². The van der Waals surface area contributed by atoms with E-state index in [0.717, 1.165) is 28.3 Å². The summed E-state index contributed by atoms with van der Waals surface area (Å²) in [6.45, 7) is 0. The summed E-state index contributed by atoms with van der Waals surface area (Å²) in [5, 5.41) is 14.2. The Morgan fingerprint density at radius 2 is 1.55 bits per heavy atom. The molecule has 0 aliphatic carbocycles. The van der Waals surface area contributed by atoms with E-state index in [1.54, 1.807) is 44.9 Å². The van der Waals surface area contributed by atoms with Crippen LogP contribution in [0.3, 0.4) is 0 Å². The molecular weight excluding hydrogens is 392 g/mol. The predicted molar refractivity (Wildman–Crippen MR) is 111 cm³/mol. The summed E-state index contributed by atoms with van der Waals surface area (Å²) in [7, 11) is 6.49.